The van der Waals surface area contributed by atoms with Gasteiger partial charge < -0.3 is 5.32 Å². The zero-order chi connectivity index (χ0) is 12.0. The SMILES string of the molecule is C=CCC(Cc1ccc(C(C)C)cc1)NC. The van der Waals surface area contributed by atoms with Crippen LogP contribution in [0, 0.1) is 0 Å². The maximum atomic E-state index is 3.79. The number of hydrogen-bond donors (Lipinski definition) is 1. The Morgan fingerprint density at radius 2 is 1.88 bits per heavy atom. The van der Waals surface area contributed by atoms with E-state index in [0.29, 0.717) is 12.0 Å². The molecule has 0 amide bonds. The molecule has 88 valence electrons. The fourth-order valence-corrected chi connectivity index (χ4v) is 1.83. The van der Waals surface area contributed by atoms with Crippen molar-refractivity contribution >= 4 is 0 Å². The molecule has 1 nitrogen and oxygen atoms in total. The minimum Gasteiger partial charge on any atom is -0.316 e. The van der Waals surface area contributed by atoms with Crippen molar-refractivity contribution in [2.45, 2.75) is 38.6 Å². The lowest BCUT2D eigenvalue weighted by Gasteiger charge is -2.14. The molecule has 1 unspecified atom stereocenters. The van der Waals surface area contributed by atoms with Crippen LogP contribution in [0.1, 0.15) is 37.3 Å². The Hall–Kier alpha value is -1.08. The Morgan fingerprint density at radius 1 is 1.25 bits per heavy atom. The van der Waals surface area contributed by atoms with Gasteiger partial charge >= 0.3 is 0 Å². The van der Waals surface area contributed by atoms with Gasteiger partial charge in [-0.25, -0.2) is 0 Å². The third kappa shape index (κ3) is 3.82. The molecule has 0 aliphatic carbocycles. The van der Waals surface area contributed by atoms with Gasteiger partial charge in [-0.3, -0.25) is 0 Å². The summed E-state index contributed by atoms with van der Waals surface area (Å²) in [7, 11) is 2.01. The van der Waals surface area contributed by atoms with E-state index < -0.39 is 0 Å². The Kier molecular flexibility index (Phi) is 5.27. The molecule has 1 aromatic carbocycles. The molecular weight excluding hydrogens is 194 g/mol. The average Bonchev–Trinajstić information content (AvgIpc) is 2.29. The molecular formula is C15H23N. The van der Waals surface area contributed by atoms with Crippen LogP contribution in [-0.4, -0.2) is 13.1 Å². The molecule has 0 spiro atoms. The predicted molar refractivity (Wildman–Crippen MR) is 71.9 cm³/mol. The first-order valence-corrected chi connectivity index (χ1v) is 6.04. The van der Waals surface area contributed by atoms with Crippen molar-refractivity contribution in [3.05, 3.63) is 48.0 Å². The van der Waals surface area contributed by atoms with Crippen molar-refractivity contribution in [1.29, 1.82) is 0 Å². The van der Waals surface area contributed by atoms with Gasteiger partial charge in [-0.2, -0.15) is 0 Å². The molecule has 0 heterocycles. The summed E-state index contributed by atoms with van der Waals surface area (Å²) in [5, 5.41) is 3.32. The van der Waals surface area contributed by atoms with E-state index in [1.54, 1.807) is 0 Å². The first-order chi connectivity index (χ1) is 7.67. The second-order valence-electron chi connectivity index (χ2n) is 4.61. The summed E-state index contributed by atoms with van der Waals surface area (Å²) < 4.78 is 0. The van der Waals surface area contributed by atoms with Gasteiger partial charge in [0.1, 0.15) is 0 Å². The highest BCUT2D eigenvalue weighted by molar-refractivity contribution is 5.25. The first kappa shape index (κ1) is 13.0. The molecule has 0 aliphatic heterocycles. The minimum absolute atomic E-state index is 0.502. The monoisotopic (exact) mass is 217 g/mol. The summed E-state index contributed by atoms with van der Waals surface area (Å²) >= 11 is 0. The van der Waals surface area contributed by atoms with Crippen LogP contribution in [0.2, 0.25) is 0 Å². The number of nitrogens with one attached hydrogen (secondary N) is 1. The molecule has 0 fully saturated rings. The van der Waals surface area contributed by atoms with Crippen LogP contribution in [0.5, 0.6) is 0 Å². The topological polar surface area (TPSA) is 12.0 Å². The molecule has 16 heavy (non-hydrogen) atoms. The molecule has 1 atom stereocenters. The van der Waals surface area contributed by atoms with Crippen LogP contribution < -0.4 is 5.32 Å². The lowest BCUT2D eigenvalue weighted by Crippen LogP contribution is -2.26. The summed E-state index contributed by atoms with van der Waals surface area (Å²) in [6, 6.07) is 9.45. The van der Waals surface area contributed by atoms with Crippen LogP contribution in [0.4, 0.5) is 0 Å². The van der Waals surface area contributed by atoms with Gasteiger partial charge in [0.25, 0.3) is 0 Å². The molecule has 0 saturated heterocycles. The standard InChI is InChI=1S/C15H23N/c1-5-6-15(16-4)11-13-7-9-14(10-8-13)12(2)3/h5,7-10,12,15-16H,1,6,11H2,2-4H3. The zero-order valence-corrected chi connectivity index (χ0v) is 10.7. The van der Waals surface area contributed by atoms with Gasteiger partial charge in [0.2, 0.25) is 0 Å². The van der Waals surface area contributed by atoms with Crippen molar-refractivity contribution in [2.24, 2.45) is 0 Å². The van der Waals surface area contributed by atoms with Crippen LogP contribution in [0.25, 0.3) is 0 Å². The molecule has 0 saturated carbocycles. The Labute approximate surface area is 99.6 Å². The highest BCUT2D eigenvalue weighted by Gasteiger charge is 2.05. The number of benzene rings is 1. The first-order valence-electron chi connectivity index (χ1n) is 6.04. The maximum Gasteiger partial charge on any atom is 0.0139 e. The lowest BCUT2D eigenvalue weighted by molar-refractivity contribution is 0.566. The van der Waals surface area contributed by atoms with E-state index in [-0.39, 0.29) is 0 Å². The maximum absolute atomic E-state index is 3.79. The highest BCUT2D eigenvalue weighted by Crippen LogP contribution is 2.15. The molecule has 1 heteroatoms. The molecule has 0 bridgehead atoms. The van der Waals surface area contributed by atoms with E-state index >= 15 is 0 Å². The van der Waals surface area contributed by atoms with Crippen LogP contribution in [-0.2, 0) is 6.42 Å². The zero-order valence-electron chi connectivity index (χ0n) is 10.7. The summed E-state index contributed by atoms with van der Waals surface area (Å²) in [4.78, 5) is 0. The lowest BCUT2D eigenvalue weighted by atomic mass is 9.98. The molecule has 0 aliphatic rings. The van der Waals surface area contributed by atoms with Crippen LogP contribution in [0.15, 0.2) is 36.9 Å². The summed E-state index contributed by atoms with van der Waals surface area (Å²) in [5.74, 6) is 0.613. The van der Waals surface area contributed by atoms with Crippen molar-refractivity contribution < 1.29 is 0 Å². The predicted octanol–water partition coefficient (Wildman–Crippen LogP) is 3.52. The highest BCUT2D eigenvalue weighted by atomic mass is 14.9. The van der Waals surface area contributed by atoms with Gasteiger partial charge in [-0.1, -0.05) is 44.2 Å². The van der Waals surface area contributed by atoms with E-state index in [1.165, 1.54) is 11.1 Å². The Morgan fingerprint density at radius 3 is 2.31 bits per heavy atom. The van der Waals surface area contributed by atoms with Gasteiger partial charge in [0.05, 0.1) is 0 Å². The van der Waals surface area contributed by atoms with Crippen LogP contribution >= 0.6 is 0 Å². The molecule has 1 rings (SSSR count). The van der Waals surface area contributed by atoms with E-state index in [9.17, 15) is 0 Å². The Balaban J connectivity index is 2.63. The van der Waals surface area contributed by atoms with Crippen molar-refractivity contribution in [3.8, 4) is 0 Å². The third-order valence-electron chi connectivity index (χ3n) is 2.99. The van der Waals surface area contributed by atoms with Gasteiger partial charge in [-0.15, -0.1) is 6.58 Å². The normalized spacial score (nSPS) is 12.8. The smallest absolute Gasteiger partial charge is 0.0139 e. The van der Waals surface area contributed by atoms with Crippen molar-refractivity contribution in [1.82, 2.24) is 5.32 Å². The third-order valence-corrected chi connectivity index (χ3v) is 2.99. The number of likely N-dealkylation sites (N-methyl/N-ethyl adjacent to an activating group) is 1. The van der Waals surface area contributed by atoms with Crippen LogP contribution in [0.3, 0.4) is 0 Å². The molecule has 1 N–H and O–H groups in total. The van der Waals surface area contributed by atoms with Gasteiger partial charge in [0.15, 0.2) is 0 Å². The summed E-state index contributed by atoms with van der Waals surface area (Å²) in [6.45, 7) is 8.24. The molecule has 0 aromatic heterocycles. The van der Waals surface area contributed by atoms with E-state index in [1.807, 2.05) is 13.1 Å². The Bertz CT molecular complexity index is 311. The minimum atomic E-state index is 0.502. The summed E-state index contributed by atoms with van der Waals surface area (Å²) in [5.41, 5.74) is 2.80. The van der Waals surface area contributed by atoms with E-state index in [2.05, 4.69) is 50.0 Å². The summed E-state index contributed by atoms with van der Waals surface area (Å²) in [6.07, 6.45) is 4.06. The van der Waals surface area contributed by atoms with Gasteiger partial charge in [0, 0.05) is 6.04 Å². The fraction of sp³-hybridized carbons (Fsp3) is 0.467. The fourth-order valence-electron chi connectivity index (χ4n) is 1.83. The molecule has 1 aromatic rings. The number of hydrogen-bond acceptors (Lipinski definition) is 1. The van der Waals surface area contributed by atoms with Crippen molar-refractivity contribution in [3.63, 3.8) is 0 Å². The molecule has 0 radical (unpaired) electrons. The van der Waals surface area contributed by atoms with Crippen molar-refractivity contribution in [2.75, 3.05) is 7.05 Å². The number of rotatable bonds is 6. The van der Waals surface area contributed by atoms with E-state index in [0.717, 1.165) is 12.8 Å². The largest absolute Gasteiger partial charge is 0.316 e. The van der Waals surface area contributed by atoms with Gasteiger partial charge in [-0.05, 0) is 36.9 Å². The quantitative estimate of drug-likeness (QED) is 0.719. The second-order valence-corrected chi connectivity index (χ2v) is 4.61. The van der Waals surface area contributed by atoms with E-state index in [4.69, 9.17) is 0 Å². The average molecular weight is 217 g/mol. The second kappa shape index (κ2) is 6.49.